The van der Waals surface area contributed by atoms with E-state index in [4.69, 9.17) is 5.11 Å². The molecule has 136 valence electrons. The summed E-state index contributed by atoms with van der Waals surface area (Å²) in [5.74, 6) is -1.53. The van der Waals surface area contributed by atoms with Crippen LogP contribution in [0.15, 0.2) is 54.6 Å². The first-order valence-corrected chi connectivity index (χ1v) is 8.63. The highest BCUT2D eigenvalue weighted by molar-refractivity contribution is 5.76. The molecule has 0 spiro atoms. The number of piperidine rings is 1. The van der Waals surface area contributed by atoms with Crippen LogP contribution in [-0.4, -0.2) is 35.1 Å². The molecule has 1 aliphatic heterocycles. The molecule has 0 aliphatic carbocycles. The van der Waals surface area contributed by atoms with E-state index < -0.39 is 12.0 Å². The van der Waals surface area contributed by atoms with Crippen LogP contribution in [-0.2, 0) is 4.79 Å². The third-order valence-corrected chi connectivity index (χ3v) is 4.74. The Bertz CT molecular complexity index is 756. The van der Waals surface area contributed by atoms with Gasteiger partial charge in [-0.05, 0) is 36.1 Å². The summed E-state index contributed by atoms with van der Waals surface area (Å²) in [7, 11) is 0. The summed E-state index contributed by atoms with van der Waals surface area (Å²) in [5.41, 5.74) is 1.68. The van der Waals surface area contributed by atoms with Gasteiger partial charge in [0.2, 0.25) is 0 Å². The Morgan fingerprint density at radius 2 is 1.58 bits per heavy atom. The van der Waals surface area contributed by atoms with Crippen LogP contribution in [0.4, 0.5) is 9.18 Å². The molecule has 1 saturated heterocycles. The number of rotatable bonds is 4. The second-order valence-electron chi connectivity index (χ2n) is 6.44. The minimum absolute atomic E-state index is 0.244. The number of halogens is 1. The second-order valence-corrected chi connectivity index (χ2v) is 6.44. The maximum Gasteiger partial charge on any atom is 0.318 e. The summed E-state index contributed by atoms with van der Waals surface area (Å²) < 4.78 is 13.3. The Morgan fingerprint density at radius 3 is 2.15 bits per heavy atom. The predicted octanol–water partition coefficient (Wildman–Crippen LogP) is 3.42. The fourth-order valence-electron chi connectivity index (χ4n) is 3.20. The normalized spacial score (nSPS) is 16.1. The van der Waals surface area contributed by atoms with E-state index in [1.54, 1.807) is 17.0 Å². The van der Waals surface area contributed by atoms with Crippen LogP contribution in [0.25, 0.3) is 0 Å². The molecule has 0 radical (unpaired) electrons. The van der Waals surface area contributed by atoms with Gasteiger partial charge >= 0.3 is 12.0 Å². The number of carboxylic acids is 1. The van der Waals surface area contributed by atoms with E-state index in [1.165, 1.54) is 12.1 Å². The van der Waals surface area contributed by atoms with E-state index in [1.807, 2.05) is 30.3 Å². The van der Waals surface area contributed by atoms with Crippen molar-refractivity contribution < 1.29 is 19.1 Å². The zero-order chi connectivity index (χ0) is 18.5. The van der Waals surface area contributed by atoms with Gasteiger partial charge in [-0.3, -0.25) is 4.79 Å². The van der Waals surface area contributed by atoms with Gasteiger partial charge in [0, 0.05) is 13.1 Å². The summed E-state index contributed by atoms with van der Waals surface area (Å²) in [6.07, 6.45) is 0.907. The van der Waals surface area contributed by atoms with Gasteiger partial charge in [-0.15, -0.1) is 0 Å². The number of carbonyl (C=O) groups is 2. The zero-order valence-electron chi connectivity index (χ0n) is 14.3. The quantitative estimate of drug-likeness (QED) is 0.882. The molecule has 1 aliphatic rings. The first-order valence-electron chi connectivity index (χ1n) is 8.63. The maximum atomic E-state index is 13.3. The van der Waals surface area contributed by atoms with Gasteiger partial charge in [-0.2, -0.15) is 0 Å². The molecule has 1 unspecified atom stereocenters. The van der Waals surface area contributed by atoms with Gasteiger partial charge in [-0.25, -0.2) is 9.18 Å². The molecule has 0 saturated carbocycles. The van der Waals surface area contributed by atoms with Crippen molar-refractivity contribution in [3.05, 3.63) is 71.5 Å². The van der Waals surface area contributed by atoms with Gasteiger partial charge in [-0.1, -0.05) is 42.5 Å². The minimum atomic E-state index is -0.807. The lowest BCUT2D eigenvalue weighted by Crippen LogP contribution is -2.46. The van der Waals surface area contributed by atoms with Crippen LogP contribution in [0.2, 0.25) is 0 Å². The van der Waals surface area contributed by atoms with E-state index in [0.717, 1.165) is 11.1 Å². The van der Waals surface area contributed by atoms with Crippen molar-refractivity contribution in [2.75, 3.05) is 13.1 Å². The second kappa shape index (κ2) is 7.99. The number of aliphatic carboxylic acids is 1. The molecule has 0 bridgehead atoms. The summed E-state index contributed by atoms with van der Waals surface area (Å²) >= 11 is 0. The molecular formula is C20H21FN2O3. The molecule has 2 N–H and O–H groups in total. The lowest BCUT2D eigenvalue weighted by molar-refractivity contribution is -0.143. The molecule has 1 fully saturated rings. The number of carboxylic acid groups (broad SMARTS) is 1. The molecule has 2 aromatic carbocycles. The van der Waals surface area contributed by atoms with Crippen LogP contribution in [0.3, 0.4) is 0 Å². The molecule has 1 atom stereocenters. The average molecular weight is 356 g/mol. The van der Waals surface area contributed by atoms with Crippen molar-refractivity contribution in [2.24, 2.45) is 5.92 Å². The van der Waals surface area contributed by atoms with Gasteiger partial charge in [0.25, 0.3) is 0 Å². The summed E-state index contributed by atoms with van der Waals surface area (Å²) in [4.78, 5) is 25.4. The van der Waals surface area contributed by atoms with Crippen molar-refractivity contribution in [1.29, 1.82) is 0 Å². The van der Waals surface area contributed by atoms with Crippen molar-refractivity contribution >= 4 is 12.0 Å². The van der Waals surface area contributed by atoms with Crippen molar-refractivity contribution in [1.82, 2.24) is 10.2 Å². The number of benzene rings is 2. The van der Waals surface area contributed by atoms with E-state index in [0.29, 0.717) is 25.9 Å². The molecule has 26 heavy (non-hydrogen) atoms. The van der Waals surface area contributed by atoms with E-state index in [-0.39, 0.29) is 17.8 Å². The number of likely N-dealkylation sites (tertiary alicyclic amines) is 1. The Balaban J connectivity index is 1.75. The van der Waals surface area contributed by atoms with Crippen LogP contribution in [0.1, 0.15) is 30.0 Å². The van der Waals surface area contributed by atoms with Gasteiger partial charge in [0.05, 0.1) is 12.0 Å². The lowest BCUT2D eigenvalue weighted by Gasteiger charge is -2.32. The third kappa shape index (κ3) is 4.20. The highest BCUT2D eigenvalue weighted by Crippen LogP contribution is 2.24. The SMILES string of the molecule is O=C(O)C1CCN(C(=O)NC(c2ccccc2)c2ccc(F)cc2)CC1. The Morgan fingerprint density at radius 1 is 1.00 bits per heavy atom. The van der Waals surface area contributed by atoms with E-state index in [2.05, 4.69) is 5.32 Å². The third-order valence-electron chi connectivity index (χ3n) is 4.74. The maximum absolute atomic E-state index is 13.3. The highest BCUT2D eigenvalue weighted by atomic mass is 19.1. The average Bonchev–Trinajstić information content (AvgIpc) is 2.67. The fraction of sp³-hybridized carbons (Fsp3) is 0.300. The van der Waals surface area contributed by atoms with Crippen LogP contribution < -0.4 is 5.32 Å². The summed E-state index contributed by atoms with van der Waals surface area (Å²) in [6.45, 7) is 0.821. The van der Waals surface area contributed by atoms with Crippen molar-refractivity contribution in [3.63, 3.8) is 0 Å². The molecule has 3 rings (SSSR count). The molecule has 2 amide bonds. The number of carbonyl (C=O) groups excluding carboxylic acids is 1. The first kappa shape index (κ1) is 17.9. The number of nitrogens with one attached hydrogen (secondary N) is 1. The molecule has 1 heterocycles. The number of hydrogen-bond donors (Lipinski definition) is 2. The highest BCUT2D eigenvalue weighted by Gasteiger charge is 2.28. The fourth-order valence-corrected chi connectivity index (χ4v) is 3.20. The van der Waals surface area contributed by atoms with Gasteiger partial charge in [0.1, 0.15) is 5.82 Å². The monoisotopic (exact) mass is 356 g/mol. The summed E-state index contributed by atoms with van der Waals surface area (Å²) in [5, 5.41) is 12.1. The van der Waals surface area contributed by atoms with Crippen LogP contribution >= 0.6 is 0 Å². The zero-order valence-corrected chi connectivity index (χ0v) is 14.3. The smallest absolute Gasteiger partial charge is 0.318 e. The molecular weight excluding hydrogens is 335 g/mol. The van der Waals surface area contributed by atoms with Crippen molar-refractivity contribution in [2.45, 2.75) is 18.9 Å². The van der Waals surface area contributed by atoms with E-state index in [9.17, 15) is 14.0 Å². The summed E-state index contributed by atoms with van der Waals surface area (Å²) in [6, 6.07) is 14.9. The molecule has 5 nitrogen and oxygen atoms in total. The largest absolute Gasteiger partial charge is 0.481 e. The Hall–Kier alpha value is -2.89. The van der Waals surface area contributed by atoms with E-state index >= 15 is 0 Å². The first-order chi connectivity index (χ1) is 12.5. The number of amides is 2. The lowest BCUT2D eigenvalue weighted by atomic mass is 9.97. The van der Waals surface area contributed by atoms with Gasteiger partial charge in [0.15, 0.2) is 0 Å². The van der Waals surface area contributed by atoms with Gasteiger partial charge < -0.3 is 15.3 Å². The molecule has 2 aromatic rings. The number of hydrogen-bond acceptors (Lipinski definition) is 2. The topological polar surface area (TPSA) is 69.6 Å². The Labute approximate surface area is 151 Å². The minimum Gasteiger partial charge on any atom is -0.481 e. The molecule has 6 heteroatoms. The van der Waals surface area contributed by atoms with Crippen molar-refractivity contribution in [3.8, 4) is 0 Å². The number of nitrogens with zero attached hydrogens (tertiary/aromatic N) is 1. The van der Waals surface area contributed by atoms with Crippen LogP contribution in [0.5, 0.6) is 0 Å². The number of urea groups is 1. The standard InChI is InChI=1S/C20H21FN2O3/c21-17-8-6-15(7-9-17)18(14-4-2-1-3-5-14)22-20(26)23-12-10-16(11-13-23)19(24)25/h1-9,16,18H,10-13H2,(H,22,26)(H,24,25). The van der Waals surface area contributed by atoms with Crippen LogP contribution in [0, 0.1) is 11.7 Å². The molecule has 0 aromatic heterocycles. The predicted molar refractivity (Wildman–Crippen MR) is 95.1 cm³/mol. The Kier molecular flexibility index (Phi) is 5.51.